The first-order chi connectivity index (χ1) is 8.66. The smallest absolute Gasteiger partial charge is 0.0229 e. The van der Waals surface area contributed by atoms with Crippen LogP contribution in [0.1, 0.15) is 37.3 Å². The minimum Gasteiger partial charge on any atom is -0.315 e. The van der Waals surface area contributed by atoms with Crippen molar-refractivity contribution in [3.63, 3.8) is 0 Å². The minimum absolute atomic E-state index is 0.631. The van der Waals surface area contributed by atoms with Crippen molar-refractivity contribution in [1.82, 2.24) is 10.2 Å². The van der Waals surface area contributed by atoms with Crippen molar-refractivity contribution in [2.75, 3.05) is 26.7 Å². The van der Waals surface area contributed by atoms with Crippen LogP contribution in [0.5, 0.6) is 0 Å². The number of nitrogens with one attached hydrogen (secondary N) is 1. The van der Waals surface area contributed by atoms with Crippen LogP contribution >= 0.6 is 0 Å². The van der Waals surface area contributed by atoms with E-state index in [1.54, 1.807) is 0 Å². The Morgan fingerprint density at radius 2 is 2.00 bits per heavy atom. The maximum atomic E-state index is 3.43. The summed E-state index contributed by atoms with van der Waals surface area (Å²) in [5.41, 5.74) is 2.89. The summed E-state index contributed by atoms with van der Waals surface area (Å²) in [5, 5.41) is 3.43. The van der Waals surface area contributed by atoms with Crippen LogP contribution in [0.15, 0.2) is 24.3 Å². The highest BCUT2D eigenvalue weighted by Gasteiger charge is 2.18. The fourth-order valence-electron chi connectivity index (χ4n) is 2.57. The first-order valence-electron chi connectivity index (χ1n) is 7.16. The Labute approximate surface area is 111 Å². The zero-order chi connectivity index (χ0) is 13.0. The van der Waals surface area contributed by atoms with Crippen molar-refractivity contribution < 1.29 is 0 Å². The molecule has 1 fully saturated rings. The van der Waals surface area contributed by atoms with Gasteiger partial charge in [0.2, 0.25) is 0 Å². The first-order valence-corrected chi connectivity index (χ1v) is 7.16. The second kappa shape index (κ2) is 6.35. The summed E-state index contributed by atoms with van der Waals surface area (Å²) in [7, 11) is 2.25. The number of hydrogen-bond acceptors (Lipinski definition) is 2. The van der Waals surface area contributed by atoms with E-state index in [1.807, 2.05) is 0 Å². The van der Waals surface area contributed by atoms with Gasteiger partial charge in [0, 0.05) is 19.1 Å². The van der Waals surface area contributed by atoms with Gasteiger partial charge in [-0.05, 0) is 43.5 Å². The maximum Gasteiger partial charge on any atom is 0.0229 e. The minimum atomic E-state index is 0.631. The van der Waals surface area contributed by atoms with Crippen LogP contribution in [0.4, 0.5) is 0 Å². The highest BCUT2D eigenvalue weighted by atomic mass is 15.2. The van der Waals surface area contributed by atoms with Crippen molar-refractivity contribution in [1.29, 1.82) is 0 Å². The summed E-state index contributed by atoms with van der Waals surface area (Å²) in [6, 6.07) is 9.86. The molecule has 0 spiro atoms. The molecule has 0 amide bonds. The number of rotatable bonds is 5. The molecule has 1 aliphatic rings. The Morgan fingerprint density at radius 1 is 1.28 bits per heavy atom. The summed E-state index contributed by atoms with van der Waals surface area (Å²) in [5.74, 6) is 0.631. The zero-order valence-corrected chi connectivity index (χ0v) is 11.9. The predicted octanol–water partition coefficient (Wildman–Crippen LogP) is 2.65. The predicted molar refractivity (Wildman–Crippen MR) is 78.1 cm³/mol. The van der Waals surface area contributed by atoms with E-state index in [0.717, 1.165) is 25.6 Å². The van der Waals surface area contributed by atoms with Crippen LogP contribution in [-0.2, 0) is 6.42 Å². The van der Waals surface area contributed by atoms with Crippen molar-refractivity contribution in [3.8, 4) is 0 Å². The third kappa shape index (κ3) is 3.56. The molecule has 1 aromatic rings. The molecule has 2 nitrogen and oxygen atoms in total. The van der Waals surface area contributed by atoms with Gasteiger partial charge in [-0.25, -0.2) is 0 Å². The summed E-state index contributed by atoms with van der Waals surface area (Å²) in [6.07, 6.45) is 2.45. The molecule has 2 rings (SSSR count). The van der Waals surface area contributed by atoms with E-state index in [9.17, 15) is 0 Å². The van der Waals surface area contributed by atoms with E-state index in [1.165, 1.54) is 24.1 Å². The summed E-state index contributed by atoms with van der Waals surface area (Å²) in [6.45, 7) is 7.99. The van der Waals surface area contributed by atoms with Crippen molar-refractivity contribution >= 4 is 0 Å². The van der Waals surface area contributed by atoms with Crippen LogP contribution in [0, 0.1) is 0 Å². The Kier molecular flexibility index (Phi) is 4.79. The van der Waals surface area contributed by atoms with Crippen molar-refractivity contribution in [2.24, 2.45) is 0 Å². The van der Waals surface area contributed by atoms with Gasteiger partial charge >= 0.3 is 0 Å². The van der Waals surface area contributed by atoms with Crippen LogP contribution < -0.4 is 5.32 Å². The highest BCUT2D eigenvalue weighted by Crippen LogP contribution is 2.15. The number of likely N-dealkylation sites (N-methyl/N-ethyl adjacent to an activating group) is 1. The molecule has 18 heavy (non-hydrogen) atoms. The lowest BCUT2D eigenvalue weighted by molar-refractivity contribution is 0.260. The number of nitrogens with zero attached hydrogens (tertiary/aromatic N) is 1. The monoisotopic (exact) mass is 246 g/mol. The third-order valence-corrected chi connectivity index (χ3v) is 4.06. The molecule has 2 heteroatoms. The topological polar surface area (TPSA) is 15.3 Å². The highest BCUT2D eigenvalue weighted by molar-refractivity contribution is 5.24. The van der Waals surface area contributed by atoms with E-state index < -0.39 is 0 Å². The normalized spacial score (nSPS) is 19.9. The second-order valence-electron chi connectivity index (χ2n) is 5.77. The van der Waals surface area contributed by atoms with Crippen molar-refractivity contribution in [2.45, 2.75) is 38.6 Å². The van der Waals surface area contributed by atoms with E-state index in [-0.39, 0.29) is 0 Å². The molecule has 0 aromatic heterocycles. The lowest BCUT2D eigenvalue weighted by atomic mass is 10.0. The van der Waals surface area contributed by atoms with E-state index in [2.05, 4.69) is 55.4 Å². The number of benzene rings is 1. The Hall–Kier alpha value is -0.860. The Balaban J connectivity index is 1.82. The molecule has 0 saturated carbocycles. The maximum absolute atomic E-state index is 3.43. The molecule has 1 N–H and O–H groups in total. The molecule has 100 valence electrons. The quantitative estimate of drug-likeness (QED) is 0.859. The lowest BCUT2D eigenvalue weighted by Gasteiger charge is -2.23. The average molecular weight is 246 g/mol. The van der Waals surface area contributed by atoms with Gasteiger partial charge < -0.3 is 10.2 Å². The van der Waals surface area contributed by atoms with E-state index in [4.69, 9.17) is 0 Å². The summed E-state index contributed by atoms with van der Waals surface area (Å²) >= 11 is 0. The molecular formula is C16H26N2. The third-order valence-electron chi connectivity index (χ3n) is 4.06. The zero-order valence-electron chi connectivity index (χ0n) is 11.9. The second-order valence-corrected chi connectivity index (χ2v) is 5.77. The van der Waals surface area contributed by atoms with Crippen molar-refractivity contribution in [3.05, 3.63) is 35.4 Å². The van der Waals surface area contributed by atoms with Crippen LogP contribution in [-0.4, -0.2) is 37.6 Å². The van der Waals surface area contributed by atoms with Crippen LogP contribution in [0.3, 0.4) is 0 Å². The molecular weight excluding hydrogens is 220 g/mol. The molecule has 0 aliphatic carbocycles. The van der Waals surface area contributed by atoms with Gasteiger partial charge in [0.1, 0.15) is 0 Å². The Bertz CT molecular complexity index is 350. The molecule has 1 unspecified atom stereocenters. The molecule has 1 saturated heterocycles. The molecule has 1 aliphatic heterocycles. The van der Waals surface area contributed by atoms with Gasteiger partial charge in [-0.15, -0.1) is 0 Å². The average Bonchev–Trinajstić information content (AvgIpc) is 2.90. The van der Waals surface area contributed by atoms with Gasteiger partial charge in [-0.2, -0.15) is 0 Å². The molecule has 1 atom stereocenters. The molecule has 0 bridgehead atoms. The summed E-state index contributed by atoms with van der Waals surface area (Å²) < 4.78 is 0. The van der Waals surface area contributed by atoms with Gasteiger partial charge in [0.25, 0.3) is 0 Å². The van der Waals surface area contributed by atoms with Crippen LogP contribution in [0.2, 0.25) is 0 Å². The largest absolute Gasteiger partial charge is 0.315 e. The molecule has 1 heterocycles. The fourth-order valence-corrected chi connectivity index (χ4v) is 2.57. The Morgan fingerprint density at radius 3 is 2.56 bits per heavy atom. The SMILES string of the molecule is CC(C)c1ccc(CCN(C)C2CCNC2)cc1. The molecule has 0 radical (unpaired) electrons. The van der Waals surface area contributed by atoms with Gasteiger partial charge in [-0.3, -0.25) is 0 Å². The van der Waals surface area contributed by atoms with E-state index >= 15 is 0 Å². The van der Waals surface area contributed by atoms with Gasteiger partial charge in [0.05, 0.1) is 0 Å². The fraction of sp³-hybridized carbons (Fsp3) is 0.625. The standard InChI is InChI=1S/C16H26N2/c1-13(2)15-6-4-14(5-7-15)9-11-18(3)16-8-10-17-12-16/h4-7,13,16-17H,8-12H2,1-3H3. The van der Waals surface area contributed by atoms with Gasteiger partial charge in [0.15, 0.2) is 0 Å². The first kappa shape index (κ1) is 13.6. The number of hydrogen-bond donors (Lipinski definition) is 1. The van der Waals surface area contributed by atoms with E-state index in [0.29, 0.717) is 5.92 Å². The lowest BCUT2D eigenvalue weighted by Crippen LogP contribution is -2.34. The van der Waals surface area contributed by atoms with Gasteiger partial charge in [-0.1, -0.05) is 38.1 Å². The van der Waals surface area contributed by atoms with Crippen LogP contribution in [0.25, 0.3) is 0 Å². The molecule has 1 aromatic carbocycles. The summed E-state index contributed by atoms with van der Waals surface area (Å²) in [4.78, 5) is 2.50.